The molecular formula is C29H41NO6Si. The first-order valence-corrected chi connectivity index (χ1v) is 15.9. The van der Waals surface area contributed by atoms with Crippen molar-refractivity contribution in [1.82, 2.24) is 4.90 Å². The lowest BCUT2D eigenvalue weighted by Crippen LogP contribution is -2.46. The highest BCUT2D eigenvalue weighted by Crippen LogP contribution is 2.42. The van der Waals surface area contributed by atoms with Gasteiger partial charge in [-0.2, -0.15) is 0 Å². The van der Waals surface area contributed by atoms with Gasteiger partial charge in [0.25, 0.3) is 0 Å². The molecule has 2 aromatic carbocycles. The summed E-state index contributed by atoms with van der Waals surface area (Å²) in [6, 6.07) is 16.6. The van der Waals surface area contributed by atoms with Gasteiger partial charge in [-0.15, -0.1) is 0 Å². The van der Waals surface area contributed by atoms with E-state index in [0.717, 1.165) is 35.1 Å². The van der Waals surface area contributed by atoms with Crippen molar-refractivity contribution in [3.8, 4) is 5.75 Å². The Morgan fingerprint density at radius 2 is 1.73 bits per heavy atom. The van der Waals surface area contributed by atoms with Gasteiger partial charge in [-0.1, -0.05) is 56.3 Å². The fourth-order valence-corrected chi connectivity index (χ4v) is 5.10. The Bertz CT molecular complexity index is 1050. The molecule has 2 aromatic rings. The molecule has 0 saturated heterocycles. The first-order chi connectivity index (χ1) is 17.5. The van der Waals surface area contributed by atoms with Crippen molar-refractivity contribution in [3.63, 3.8) is 0 Å². The van der Waals surface area contributed by atoms with E-state index in [4.69, 9.17) is 14.5 Å². The van der Waals surface area contributed by atoms with E-state index < -0.39 is 8.32 Å². The van der Waals surface area contributed by atoms with E-state index in [1.54, 1.807) is 17.0 Å². The normalized spacial score (nSPS) is 16.7. The standard InChI is InChI=1S/C29H41NO6Si/c1-6-35-36-21-24-19-30(28(32)34-20-22-10-8-7-9-11-22)25(16-17-29(2,3)37(4,5)33)18-27(24)23-12-14-26(31)15-13-23/h7-15,25,31,33H,6,16-21H2,1-5H3. The van der Waals surface area contributed by atoms with Crippen LogP contribution in [0.3, 0.4) is 0 Å². The number of nitrogens with zero attached hydrogens (tertiary/aromatic N) is 1. The Labute approximate surface area is 221 Å². The second-order valence-corrected chi connectivity index (χ2v) is 15.3. The number of carbonyl (C=O) groups excluding carboxylic acids is 1. The van der Waals surface area contributed by atoms with Crippen LogP contribution >= 0.6 is 0 Å². The van der Waals surface area contributed by atoms with Crippen molar-refractivity contribution in [2.75, 3.05) is 19.8 Å². The van der Waals surface area contributed by atoms with Crippen molar-refractivity contribution >= 4 is 20.0 Å². The number of benzene rings is 2. The van der Waals surface area contributed by atoms with Crippen LogP contribution in [0.4, 0.5) is 4.79 Å². The second-order valence-electron chi connectivity index (χ2n) is 10.8. The molecule has 1 atom stereocenters. The number of ether oxygens (including phenoxy) is 1. The summed E-state index contributed by atoms with van der Waals surface area (Å²) in [6.45, 7) is 11.2. The lowest BCUT2D eigenvalue weighted by atomic mass is 9.86. The molecular weight excluding hydrogens is 486 g/mol. The van der Waals surface area contributed by atoms with Crippen LogP contribution in [0, 0.1) is 0 Å². The lowest BCUT2D eigenvalue weighted by Gasteiger charge is -2.41. The molecule has 202 valence electrons. The molecule has 0 aliphatic carbocycles. The number of rotatable bonds is 11. The van der Waals surface area contributed by atoms with Gasteiger partial charge < -0.3 is 19.5 Å². The van der Waals surface area contributed by atoms with Crippen molar-refractivity contribution < 1.29 is 29.2 Å². The Balaban J connectivity index is 1.90. The monoisotopic (exact) mass is 527 g/mol. The molecule has 3 rings (SSSR count). The summed E-state index contributed by atoms with van der Waals surface area (Å²) in [7, 11) is -2.41. The first-order valence-electron chi connectivity index (χ1n) is 13.0. The fraction of sp³-hybridized carbons (Fsp3) is 0.483. The van der Waals surface area contributed by atoms with Gasteiger partial charge in [0.1, 0.15) is 19.0 Å². The molecule has 1 unspecified atom stereocenters. The SMILES string of the molecule is CCOOCC1=C(c2ccc(O)cc2)CC(CCC(C)(C)[Si](C)(C)O)N(C(=O)OCc2ccccc2)C1. The Kier molecular flexibility index (Phi) is 9.95. The van der Waals surface area contributed by atoms with E-state index in [-0.39, 0.29) is 36.1 Å². The van der Waals surface area contributed by atoms with E-state index in [1.807, 2.05) is 62.5 Å². The van der Waals surface area contributed by atoms with Gasteiger partial charge in [0.15, 0.2) is 8.32 Å². The van der Waals surface area contributed by atoms with Gasteiger partial charge in [-0.3, -0.25) is 0 Å². The number of phenolic OH excluding ortho intramolecular Hbond substituents is 1. The van der Waals surface area contributed by atoms with Crippen LogP contribution in [0.5, 0.6) is 5.75 Å². The van der Waals surface area contributed by atoms with Crippen LogP contribution < -0.4 is 0 Å². The highest BCUT2D eigenvalue weighted by molar-refractivity contribution is 6.72. The van der Waals surface area contributed by atoms with Gasteiger partial charge >= 0.3 is 6.09 Å². The number of aromatic hydroxyl groups is 1. The number of hydrogen-bond donors (Lipinski definition) is 2. The second kappa shape index (κ2) is 12.7. The van der Waals surface area contributed by atoms with Crippen molar-refractivity contribution in [3.05, 3.63) is 71.3 Å². The predicted molar refractivity (Wildman–Crippen MR) is 147 cm³/mol. The molecule has 0 fully saturated rings. The number of amides is 1. The molecule has 1 amide bonds. The summed E-state index contributed by atoms with van der Waals surface area (Å²) >= 11 is 0. The highest BCUT2D eigenvalue weighted by Gasteiger charge is 2.40. The maximum atomic E-state index is 13.4. The Morgan fingerprint density at radius 1 is 1.05 bits per heavy atom. The predicted octanol–water partition coefficient (Wildman–Crippen LogP) is 6.28. The zero-order chi connectivity index (χ0) is 27.1. The molecule has 1 aliphatic rings. The van der Waals surface area contributed by atoms with E-state index >= 15 is 0 Å². The zero-order valence-corrected chi connectivity index (χ0v) is 23.7. The molecule has 0 radical (unpaired) electrons. The van der Waals surface area contributed by atoms with Crippen LogP contribution in [0.2, 0.25) is 18.1 Å². The Morgan fingerprint density at radius 3 is 2.35 bits per heavy atom. The number of hydrogen-bond acceptors (Lipinski definition) is 6. The molecule has 1 aliphatic heterocycles. The van der Waals surface area contributed by atoms with Crippen LogP contribution in [-0.4, -0.2) is 55.0 Å². The molecule has 1 heterocycles. The molecule has 2 N–H and O–H groups in total. The number of phenols is 1. The van der Waals surface area contributed by atoms with Gasteiger partial charge in [0.2, 0.25) is 0 Å². The molecule has 8 heteroatoms. The molecule has 0 saturated carbocycles. The maximum Gasteiger partial charge on any atom is 0.410 e. The quantitative estimate of drug-likeness (QED) is 0.155. The lowest BCUT2D eigenvalue weighted by molar-refractivity contribution is -0.284. The Hall–Kier alpha value is -2.65. The van der Waals surface area contributed by atoms with Gasteiger partial charge in [0.05, 0.1) is 6.61 Å². The summed E-state index contributed by atoms with van der Waals surface area (Å²) in [5.74, 6) is 0.201. The molecule has 0 bridgehead atoms. The minimum Gasteiger partial charge on any atom is -0.508 e. The van der Waals surface area contributed by atoms with Gasteiger partial charge in [0, 0.05) is 12.6 Å². The minimum absolute atomic E-state index is 0.112. The summed E-state index contributed by atoms with van der Waals surface area (Å²) < 4.78 is 5.75. The summed E-state index contributed by atoms with van der Waals surface area (Å²) in [6.07, 6.45) is 1.75. The van der Waals surface area contributed by atoms with Crippen molar-refractivity contribution in [2.24, 2.45) is 0 Å². The largest absolute Gasteiger partial charge is 0.508 e. The summed E-state index contributed by atoms with van der Waals surface area (Å²) in [4.78, 5) is 36.6. The zero-order valence-electron chi connectivity index (χ0n) is 22.7. The summed E-state index contributed by atoms with van der Waals surface area (Å²) in [5.41, 5.74) is 3.92. The topological polar surface area (TPSA) is 88.5 Å². The van der Waals surface area contributed by atoms with Crippen molar-refractivity contribution in [1.29, 1.82) is 0 Å². The van der Waals surface area contributed by atoms with E-state index in [2.05, 4.69) is 13.8 Å². The third-order valence-electron chi connectivity index (χ3n) is 7.52. The third kappa shape index (κ3) is 7.91. The first kappa shape index (κ1) is 28.9. The van der Waals surface area contributed by atoms with Crippen LogP contribution in [0.1, 0.15) is 51.2 Å². The fourth-order valence-electron chi connectivity index (χ4n) is 4.34. The van der Waals surface area contributed by atoms with Crippen LogP contribution in [0.15, 0.2) is 60.2 Å². The van der Waals surface area contributed by atoms with Gasteiger partial charge in [-0.25, -0.2) is 14.6 Å². The molecule has 0 spiro atoms. The van der Waals surface area contributed by atoms with Crippen LogP contribution in [-0.2, 0) is 21.1 Å². The smallest absolute Gasteiger partial charge is 0.410 e. The van der Waals surface area contributed by atoms with Crippen LogP contribution in [0.25, 0.3) is 5.57 Å². The molecule has 37 heavy (non-hydrogen) atoms. The molecule has 7 nitrogen and oxygen atoms in total. The minimum atomic E-state index is -2.41. The van der Waals surface area contributed by atoms with E-state index in [0.29, 0.717) is 19.6 Å². The summed E-state index contributed by atoms with van der Waals surface area (Å²) in [5, 5.41) is 9.60. The highest BCUT2D eigenvalue weighted by atomic mass is 28.4. The average Bonchev–Trinajstić information content (AvgIpc) is 2.87. The average molecular weight is 528 g/mol. The maximum absolute atomic E-state index is 13.4. The van der Waals surface area contributed by atoms with E-state index in [1.165, 1.54) is 0 Å². The van der Waals surface area contributed by atoms with Gasteiger partial charge in [-0.05, 0) is 78.7 Å². The molecule has 0 aromatic heterocycles. The third-order valence-corrected chi connectivity index (χ3v) is 11.1. The van der Waals surface area contributed by atoms with E-state index in [9.17, 15) is 14.7 Å². The van der Waals surface area contributed by atoms with Crippen molar-refractivity contribution in [2.45, 2.75) is 70.8 Å². The number of carbonyl (C=O) groups is 1.